The number of hydrogen-bond donors (Lipinski definition) is 1. The molecule has 1 saturated heterocycles. The molecule has 2 amide bonds. The number of amides is 2. The zero-order valence-corrected chi connectivity index (χ0v) is 18.4. The van der Waals surface area contributed by atoms with E-state index in [4.69, 9.17) is 4.74 Å². The van der Waals surface area contributed by atoms with Crippen LogP contribution in [0.3, 0.4) is 0 Å². The van der Waals surface area contributed by atoms with Crippen LogP contribution in [0, 0.1) is 5.82 Å². The molecule has 168 valence electrons. The van der Waals surface area contributed by atoms with Gasteiger partial charge in [0.2, 0.25) is 0 Å². The molecule has 0 spiro atoms. The lowest BCUT2D eigenvalue weighted by molar-refractivity contribution is 0.00938. The minimum Gasteiger partial charge on any atom is -0.453 e. The summed E-state index contributed by atoms with van der Waals surface area (Å²) in [5.41, 5.74) is 0.145. The first-order valence-corrected chi connectivity index (χ1v) is 10.5. The average molecular weight is 424 g/mol. The number of halogens is 1. The van der Waals surface area contributed by atoms with Crippen molar-refractivity contribution in [2.75, 3.05) is 39.8 Å². The summed E-state index contributed by atoms with van der Waals surface area (Å²) in [4.78, 5) is 27.4. The summed E-state index contributed by atoms with van der Waals surface area (Å²) in [6.45, 7) is 8.47. The fourth-order valence-electron chi connectivity index (χ4n) is 3.55. The second-order valence-electron chi connectivity index (χ2n) is 8.45. The Labute approximate surface area is 178 Å². The highest BCUT2D eigenvalue weighted by atomic mass is 19.1. The molecule has 1 aromatic rings. The van der Waals surface area contributed by atoms with Crippen LogP contribution in [0.2, 0.25) is 0 Å². The van der Waals surface area contributed by atoms with Crippen molar-refractivity contribution >= 4 is 12.2 Å². The third-order valence-corrected chi connectivity index (χ3v) is 5.03. The SMILES string of the molecule is COC(=O)NCCCCC(c1ccccc1F)N1CCN(C(=O)OC(C)(C)C)CC1. The summed E-state index contributed by atoms with van der Waals surface area (Å²) in [7, 11) is 1.33. The van der Waals surface area contributed by atoms with Gasteiger partial charge in [-0.25, -0.2) is 14.0 Å². The molecule has 0 aromatic heterocycles. The second kappa shape index (κ2) is 11.2. The number of piperazine rings is 1. The molecular weight excluding hydrogens is 389 g/mol. The van der Waals surface area contributed by atoms with Crippen LogP contribution in [0.25, 0.3) is 0 Å². The van der Waals surface area contributed by atoms with E-state index in [1.165, 1.54) is 13.2 Å². The third-order valence-electron chi connectivity index (χ3n) is 5.03. The lowest BCUT2D eigenvalue weighted by atomic mass is 9.98. The van der Waals surface area contributed by atoms with Crippen molar-refractivity contribution in [2.24, 2.45) is 0 Å². The molecular formula is C22H34FN3O4. The van der Waals surface area contributed by atoms with Crippen LogP contribution in [-0.2, 0) is 9.47 Å². The maximum Gasteiger partial charge on any atom is 0.410 e. The summed E-state index contributed by atoms with van der Waals surface area (Å²) in [5.74, 6) is -0.218. The van der Waals surface area contributed by atoms with Crippen molar-refractivity contribution in [2.45, 2.75) is 51.7 Å². The molecule has 1 unspecified atom stereocenters. The molecule has 30 heavy (non-hydrogen) atoms. The van der Waals surface area contributed by atoms with Gasteiger partial charge in [-0.2, -0.15) is 0 Å². The molecule has 1 aliphatic rings. The van der Waals surface area contributed by atoms with Crippen molar-refractivity contribution in [1.29, 1.82) is 0 Å². The molecule has 0 radical (unpaired) electrons. The van der Waals surface area contributed by atoms with Crippen LogP contribution in [0.15, 0.2) is 24.3 Å². The monoisotopic (exact) mass is 423 g/mol. The van der Waals surface area contributed by atoms with E-state index in [0.29, 0.717) is 38.3 Å². The van der Waals surface area contributed by atoms with Gasteiger partial charge in [0, 0.05) is 44.3 Å². The maximum atomic E-state index is 14.5. The van der Waals surface area contributed by atoms with E-state index < -0.39 is 11.7 Å². The highest BCUT2D eigenvalue weighted by Crippen LogP contribution is 2.29. The summed E-state index contributed by atoms with van der Waals surface area (Å²) < 4.78 is 24.6. The van der Waals surface area contributed by atoms with Crippen LogP contribution in [0.4, 0.5) is 14.0 Å². The first kappa shape index (κ1) is 23.9. The fraction of sp³-hybridized carbons (Fsp3) is 0.636. The Morgan fingerprint density at radius 1 is 1.13 bits per heavy atom. The first-order valence-electron chi connectivity index (χ1n) is 10.5. The zero-order valence-electron chi connectivity index (χ0n) is 18.4. The van der Waals surface area contributed by atoms with Crippen molar-refractivity contribution < 1.29 is 23.5 Å². The highest BCUT2D eigenvalue weighted by molar-refractivity contribution is 5.68. The van der Waals surface area contributed by atoms with Crippen LogP contribution >= 0.6 is 0 Å². The van der Waals surface area contributed by atoms with E-state index >= 15 is 0 Å². The number of alkyl carbamates (subject to hydrolysis) is 1. The van der Waals surface area contributed by atoms with Crippen LogP contribution < -0.4 is 5.32 Å². The second-order valence-corrected chi connectivity index (χ2v) is 8.45. The van der Waals surface area contributed by atoms with E-state index in [1.54, 1.807) is 11.0 Å². The number of rotatable bonds is 7. The lowest BCUT2D eigenvalue weighted by Gasteiger charge is -2.40. The number of methoxy groups -OCH3 is 1. The smallest absolute Gasteiger partial charge is 0.410 e. The van der Waals surface area contributed by atoms with Gasteiger partial charge in [0.25, 0.3) is 0 Å². The molecule has 1 fully saturated rings. The standard InChI is InChI=1S/C22H34FN3O4/c1-22(2,3)30-21(28)26-15-13-25(14-16-26)19(17-9-5-6-10-18(17)23)11-7-8-12-24-20(27)29-4/h5-6,9-10,19H,7-8,11-16H2,1-4H3,(H,24,27). The average Bonchev–Trinajstić information content (AvgIpc) is 2.70. The molecule has 8 heteroatoms. The molecule has 0 bridgehead atoms. The van der Waals surface area contributed by atoms with Gasteiger partial charge in [0.05, 0.1) is 7.11 Å². The van der Waals surface area contributed by atoms with Crippen molar-refractivity contribution in [3.05, 3.63) is 35.6 Å². The van der Waals surface area contributed by atoms with Gasteiger partial charge in [0.1, 0.15) is 11.4 Å². The molecule has 0 aliphatic carbocycles. The summed E-state index contributed by atoms with van der Waals surface area (Å²) in [6.07, 6.45) is 1.61. The largest absolute Gasteiger partial charge is 0.453 e. The molecule has 2 rings (SSSR count). The number of nitrogens with zero attached hydrogens (tertiary/aromatic N) is 2. The number of hydrogen-bond acceptors (Lipinski definition) is 5. The van der Waals surface area contributed by atoms with Gasteiger partial charge in [-0.3, -0.25) is 4.90 Å². The highest BCUT2D eigenvalue weighted by Gasteiger charge is 2.30. The predicted molar refractivity (Wildman–Crippen MR) is 113 cm³/mol. The molecule has 7 nitrogen and oxygen atoms in total. The van der Waals surface area contributed by atoms with Gasteiger partial charge < -0.3 is 19.7 Å². The van der Waals surface area contributed by atoms with Crippen molar-refractivity contribution in [1.82, 2.24) is 15.1 Å². The molecule has 1 atom stereocenters. The normalized spacial score (nSPS) is 16.1. The summed E-state index contributed by atoms with van der Waals surface area (Å²) in [5, 5.41) is 2.67. The predicted octanol–water partition coefficient (Wildman–Crippen LogP) is 3.95. The third kappa shape index (κ3) is 7.48. The Morgan fingerprint density at radius 2 is 1.80 bits per heavy atom. The van der Waals surface area contributed by atoms with Crippen molar-refractivity contribution in [3.63, 3.8) is 0 Å². The van der Waals surface area contributed by atoms with Gasteiger partial charge in [-0.05, 0) is 46.1 Å². The summed E-state index contributed by atoms with van der Waals surface area (Å²) in [6, 6.07) is 6.77. The van der Waals surface area contributed by atoms with Crippen LogP contribution in [-0.4, -0.2) is 67.4 Å². The Morgan fingerprint density at radius 3 is 2.40 bits per heavy atom. The Kier molecular flexibility index (Phi) is 8.89. The minimum absolute atomic E-state index is 0.0786. The van der Waals surface area contributed by atoms with Crippen LogP contribution in [0.5, 0.6) is 0 Å². The van der Waals surface area contributed by atoms with Gasteiger partial charge in [0.15, 0.2) is 0 Å². The Balaban J connectivity index is 1.96. The van der Waals surface area contributed by atoms with Gasteiger partial charge >= 0.3 is 12.2 Å². The van der Waals surface area contributed by atoms with Gasteiger partial charge in [-0.1, -0.05) is 18.2 Å². The molecule has 1 N–H and O–H groups in total. The van der Waals surface area contributed by atoms with E-state index in [9.17, 15) is 14.0 Å². The zero-order chi connectivity index (χ0) is 22.1. The number of benzene rings is 1. The number of unbranched alkanes of at least 4 members (excludes halogenated alkanes) is 1. The molecule has 1 heterocycles. The van der Waals surface area contributed by atoms with E-state index in [0.717, 1.165) is 19.3 Å². The molecule has 1 aromatic carbocycles. The Bertz CT molecular complexity index is 700. The number of ether oxygens (including phenoxy) is 2. The molecule has 0 saturated carbocycles. The van der Waals surface area contributed by atoms with Gasteiger partial charge in [-0.15, -0.1) is 0 Å². The van der Waals surface area contributed by atoms with E-state index in [2.05, 4.69) is 15.0 Å². The molecule has 1 aliphatic heterocycles. The summed E-state index contributed by atoms with van der Waals surface area (Å²) >= 11 is 0. The topological polar surface area (TPSA) is 71.1 Å². The maximum absolute atomic E-state index is 14.5. The van der Waals surface area contributed by atoms with E-state index in [-0.39, 0.29) is 18.0 Å². The Hall–Kier alpha value is -2.35. The van der Waals surface area contributed by atoms with Crippen LogP contribution in [0.1, 0.15) is 51.6 Å². The minimum atomic E-state index is -0.526. The van der Waals surface area contributed by atoms with Crippen molar-refractivity contribution in [3.8, 4) is 0 Å². The quantitative estimate of drug-likeness (QED) is 0.673. The fourth-order valence-corrected chi connectivity index (χ4v) is 3.55. The first-order chi connectivity index (χ1) is 14.2. The number of carbonyl (C=O) groups excluding carboxylic acids is 2. The lowest BCUT2D eigenvalue weighted by Crippen LogP contribution is -2.50. The van der Waals surface area contributed by atoms with E-state index in [1.807, 2.05) is 32.9 Å². The number of nitrogens with one attached hydrogen (secondary N) is 1. The number of carbonyl (C=O) groups is 2.